The molecule has 6 atom stereocenters. The molecule has 3 unspecified atom stereocenters. The van der Waals surface area contributed by atoms with Crippen molar-refractivity contribution >= 4 is 28.3 Å². The van der Waals surface area contributed by atoms with Crippen LogP contribution in [0.15, 0.2) is 24.4 Å². The largest absolute Gasteiger partial charge is 0.508 e. The molecular formula is C27H35N3O4S. The lowest BCUT2D eigenvalue weighted by Crippen LogP contribution is -2.52. The summed E-state index contributed by atoms with van der Waals surface area (Å²) in [6.07, 6.45) is 6.83. The lowest BCUT2D eigenvalue weighted by Gasteiger charge is -2.54. The minimum absolute atomic E-state index is 0.0388. The third-order valence-electron chi connectivity index (χ3n) is 9.21. The number of aromatic hydroxyl groups is 1. The van der Waals surface area contributed by atoms with Crippen molar-refractivity contribution in [1.29, 1.82) is 0 Å². The summed E-state index contributed by atoms with van der Waals surface area (Å²) in [7, 11) is 0. The molecule has 0 spiro atoms. The number of phenolic OH excluding ortho intramolecular Hbond substituents is 1. The average molecular weight is 498 g/mol. The second-order valence-electron chi connectivity index (χ2n) is 11.2. The Hall–Kier alpha value is -2.45. The van der Waals surface area contributed by atoms with Crippen LogP contribution in [0.4, 0.5) is 5.13 Å². The van der Waals surface area contributed by atoms with Crippen LogP contribution in [-0.2, 0) is 16.0 Å². The van der Waals surface area contributed by atoms with Crippen LogP contribution >= 0.6 is 11.3 Å². The Morgan fingerprint density at radius 2 is 2.11 bits per heavy atom. The summed E-state index contributed by atoms with van der Waals surface area (Å²) in [5.41, 5.74) is 6.55. The lowest BCUT2D eigenvalue weighted by atomic mass is 9.51. The number of carbonyl (C=O) groups is 2. The molecule has 1 aromatic carbocycles. The van der Waals surface area contributed by atoms with Gasteiger partial charge in [0.25, 0.3) is 0 Å². The van der Waals surface area contributed by atoms with Gasteiger partial charge in [-0.25, -0.2) is 4.98 Å². The maximum absolute atomic E-state index is 12.7. The van der Waals surface area contributed by atoms with Gasteiger partial charge in [0.1, 0.15) is 5.75 Å². The highest BCUT2D eigenvalue weighted by molar-refractivity contribution is 7.15. The fourth-order valence-electron chi connectivity index (χ4n) is 7.78. The van der Waals surface area contributed by atoms with Gasteiger partial charge in [0.2, 0.25) is 11.8 Å². The molecule has 3 aliphatic rings. The number of hydrogen-bond donors (Lipinski definition) is 4. The van der Waals surface area contributed by atoms with Crippen molar-refractivity contribution in [3.05, 3.63) is 40.4 Å². The first kappa shape index (κ1) is 24.3. The van der Waals surface area contributed by atoms with Gasteiger partial charge in [0.05, 0.1) is 12.0 Å². The van der Waals surface area contributed by atoms with E-state index in [0.717, 1.165) is 30.6 Å². The number of fused-ring (bicyclic) bond motifs is 5. The number of aryl methyl sites for hydroxylation is 2. The van der Waals surface area contributed by atoms with E-state index in [1.165, 1.54) is 22.5 Å². The molecule has 1 heterocycles. The van der Waals surface area contributed by atoms with E-state index in [1.54, 1.807) is 12.3 Å². The van der Waals surface area contributed by atoms with E-state index in [9.17, 15) is 19.8 Å². The minimum Gasteiger partial charge on any atom is -0.508 e. The van der Waals surface area contributed by atoms with Crippen LogP contribution in [0.1, 0.15) is 73.8 Å². The maximum atomic E-state index is 12.7. The van der Waals surface area contributed by atoms with Crippen molar-refractivity contribution in [1.82, 2.24) is 4.98 Å². The standard InChI is InChI=1S/C27H35N3O4S/c1-15-14-29-25(35-15)30-23(33)8-4-17-12-27(34,13-22(28)32)26(2)10-9-20-19-7-5-18(31)11-16(19)3-6-21(20)24(17)26/h5,7,11,14,17,20-21,24,31,34H,3-4,6,8-10,12-13H2,1-2H3,(H2,28,32)(H,29,30,33)/t17-,20?,21?,24?,26+,27-/m1/s1. The predicted octanol–water partition coefficient (Wildman–Crippen LogP) is 4.26. The Labute approximate surface area is 210 Å². The number of anilines is 1. The van der Waals surface area contributed by atoms with Crippen LogP contribution in [0.5, 0.6) is 5.75 Å². The zero-order valence-corrected chi connectivity index (χ0v) is 21.2. The molecular weight excluding hydrogens is 462 g/mol. The summed E-state index contributed by atoms with van der Waals surface area (Å²) >= 11 is 1.46. The molecule has 5 rings (SSSR count). The number of aliphatic hydroxyl groups is 1. The van der Waals surface area contributed by atoms with E-state index >= 15 is 0 Å². The van der Waals surface area contributed by atoms with E-state index < -0.39 is 16.9 Å². The zero-order valence-electron chi connectivity index (χ0n) is 20.4. The highest BCUT2D eigenvalue weighted by Crippen LogP contribution is 2.67. The SMILES string of the molecule is Cc1cnc(NC(=O)CC[C@@H]2C[C@@](O)(CC(N)=O)[C@@]3(C)CCC4c5ccc(O)cc5CCC4C23)s1. The number of aromatic nitrogens is 1. The Morgan fingerprint density at radius 1 is 1.31 bits per heavy atom. The highest BCUT2D eigenvalue weighted by atomic mass is 32.1. The van der Waals surface area contributed by atoms with Crippen molar-refractivity contribution in [2.75, 3.05) is 5.32 Å². The van der Waals surface area contributed by atoms with Crippen molar-refractivity contribution in [2.45, 2.75) is 76.7 Å². The molecule has 0 bridgehead atoms. The van der Waals surface area contributed by atoms with Gasteiger partial charge in [-0.05, 0) is 92.4 Å². The number of amides is 2. The summed E-state index contributed by atoms with van der Waals surface area (Å²) in [4.78, 5) is 30.0. The quantitative estimate of drug-likeness (QED) is 0.474. The van der Waals surface area contributed by atoms with Gasteiger partial charge in [0.15, 0.2) is 5.13 Å². The topological polar surface area (TPSA) is 126 Å². The van der Waals surface area contributed by atoms with Crippen molar-refractivity contribution in [3.8, 4) is 5.75 Å². The van der Waals surface area contributed by atoms with Gasteiger partial charge < -0.3 is 21.3 Å². The fourth-order valence-corrected chi connectivity index (χ4v) is 8.46. The third kappa shape index (κ3) is 4.25. The van der Waals surface area contributed by atoms with Gasteiger partial charge in [-0.15, -0.1) is 11.3 Å². The van der Waals surface area contributed by atoms with E-state index in [2.05, 4.69) is 23.3 Å². The number of nitrogens with one attached hydrogen (secondary N) is 1. The normalized spacial score (nSPS) is 33.5. The van der Waals surface area contributed by atoms with Crippen molar-refractivity contribution in [3.63, 3.8) is 0 Å². The molecule has 188 valence electrons. The van der Waals surface area contributed by atoms with Crippen molar-refractivity contribution < 1.29 is 19.8 Å². The monoisotopic (exact) mass is 497 g/mol. The number of nitrogens with two attached hydrogens (primary N) is 1. The van der Waals surface area contributed by atoms with Gasteiger partial charge >= 0.3 is 0 Å². The molecule has 2 saturated carbocycles. The molecule has 1 aromatic heterocycles. The summed E-state index contributed by atoms with van der Waals surface area (Å²) < 4.78 is 0. The van der Waals surface area contributed by atoms with Crippen LogP contribution in [0, 0.1) is 30.1 Å². The molecule has 2 fully saturated rings. The van der Waals surface area contributed by atoms with E-state index in [0.29, 0.717) is 42.0 Å². The number of rotatable bonds is 6. The van der Waals surface area contributed by atoms with Crippen LogP contribution < -0.4 is 11.1 Å². The predicted molar refractivity (Wildman–Crippen MR) is 135 cm³/mol. The van der Waals surface area contributed by atoms with E-state index in [-0.39, 0.29) is 24.2 Å². The van der Waals surface area contributed by atoms with Crippen LogP contribution in [0.2, 0.25) is 0 Å². The molecule has 2 aromatic rings. The summed E-state index contributed by atoms with van der Waals surface area (Å²) in [5.74, 6) is 0.811. The van der Waals surface area contributed by atoms with E-state index in [4.69, 9.17) is 5.73 Å². The average Bonchev–Trinajstić information content (AvgIpc) is 3.29. The number of nitrogens with zero attached hydrogens (tertiary/aromatic N) is 1. The molecule has 5 N–H and O–H groups in total. The number of phenols is 1. The fraction of sp³-hybridized carbons (Fsp3) is 0.593. The van der Waals surface area contributed by atoms with Crippen LogP contribution in [-0.4, -0.2) is 32.6 Å². The van der Waals surface area contributed by atoms with Crippen LogP contribution in [0.3, 0.4) is 0 Å². The Morgan fingerprint density at radius 3 is 2.83 bits per heavy atom. The Kier molecular flexibility index (Phi) is 6.16. The summed E-state index contributed by atoms with van der Waals surface area (Å²) in [6.45, 7) is 4.09. The zero-order chi connectivity index (χ0) is 25.0. The molecule has 2 amide bonds. The van der Waals surface area contributed by atoms with Gasteiger partial charge in [-0.2, -0.15) is 0 Å². The van der Waals surface area contributed by atoms with Gasteiger partial charge in [-0.3, -0.25) is 9.59 Å². The van der Waals surface area contributed by atoms with Gasteiger partial charge in [-0.1, -0.05) is 13.0 Å². The Balaban J connectivity index is 1.41. The molecule has 8 heteroatoms. The second-order valence-corrected chi connectivity index (χ2v) is 12.4. The molecule has 0 aliphatic heterocycles. The van der Waals surface area contributed by atoms with Crippen molar-refractivity contribution in [2.24, 2.45) is 28.9 Å². The summed E-state index contributed by atoms with van der Waals surface area (Å²) in [5, 5.41) is 25.4. The molecule has 35 heavy (non-hydrogen) atoms. The molecule has 3 aliphatic carbocycles. The van der Waals surface area contributed by atoms with Crippen LogP contribution in [0.25, 0.3) is 0 Å². The first-order valence-corrected chi connectivity index (χ1v) is 13.5. The number of benzene rings is 1. The number of thiazole rings is 1. The first-order valence-electron chi connectivity index (χ1n) is 12.6. The third-order valence-corrected chi connectivity index (χ3v) is 10.0. The molecule has 0 saturated heterocycles. The summed E-state index contributed by atoms with van der Waals surface area (Å²) in [6, 6.07) is 5.72. The second kappa shape index (κ2) is 8.89. The first-order chi connectivity index (χ1) is 16.6. The lowest BCUT2D eigenvalue weighted by molar-refractivity contribution is -0.137. The number of carbonyl (C=O) groups excluding carboxylic acids is 2. The van der Waals surface area contributed by atoms with E-state index in [1.807, 2.05) is 13.0 Å². The number of hydrogen-bond acceptors (Lipinski definition) is 6. The van der Waals surface area contributed by atoms with Gasteiger partial charge in [0, 0.05) is 22.9 Å². The number of primary amides is 1. The molecule has 7 nitrogen and oxygen atoms in total. The highest BCUT2D eigenvalue weighted by Gasteiger charge is 2.65. The Bertz CT molecular complexity index is 1150. The smallest absolute Gasteiger partial charge is 0.226 e. The molecule has 0 radical (unpaired) electrons. The minimum atomic E-state index is -1.16. The maximum Gasteiger partial charge on any atom is 0.226 e.